The first kappa shape index (κ1) is 25.6. The van der Waals surface area contributed by atoms with Gasteiger partial charge in [0.2, 0.25) is 0 Å². The summed E-state index contributed by atoms with van der Waals surface area (Å²) in [6, 6.07) is 2.58. The van der Waals surface area contributed by atoms with Gasteiger partial charge in [-0.3, -0.25) is 9.89 Å². The van der Waals surface area contributed by atoms with Gasteiger partial charge in [-0.1, -0.05) is 13.8 Å². The number of hydrogen-bond donors (Lipinski definition) is 2. The van der Waals surface area contributed by atoms with E-state index in [9.17, 15) is 0 Å². The largest absolute Gasteiger partial charge is 0.381 e. The van der Waals surface area contributed by atoms with Crippen LogP contribution in [0, 0.1) is 5.92 Å². The van der Waals surface area contributed by atoms with Crippen molar-refractivity contribution in [3.05, 3.63) is 22.4 Å². The standard InChI is InChI=1S/C20H36N4O2S.HI/c1-4-24(5-2)19(18-8-12-27-16-18)13-23-20(21-3)22-9-6-10-25-14-17-7-11-26-15-17;/h8,12,16-17,19H,4-7,9-11,13-15H2,1-3H3,(H2,21,22,23);1H. The smallest absolute Gasteiger partial charge is 0.191 e. The van der Waals surface area contributed by atoms with Crippen molar-refractivity contribution in [1.29, 1.82) is 0 Å². The lowest BCUT2D eigenvalue weighted by molar-refractivity contribution is 0.0888. The highest BCUT2D eigenvalue weighted by molar-refractivity contribution is 14.0. The van der Waals surface area contributed by atoms with Gasteiger partial charge in [0.25, 0.3) is 0 Å². The molecule has 0 spiro atoms. The molecule has 2 heterocycles. The summed E-state index contributed by atoms with van der Waals surface area (Å²) in [5.41, 5.74) is 1.37. The van der Waals surface area contributed by atoms with Crippen LogP contribution in [0.15, 0.2) is 21.8 Å². The van der Waals surface area contributed by atoms with Gasteiger partial charge < -0.3 is 20.1 Å². The number of halogens is 1. The average Bonchev–Trinajstić information content (AvgIpc) is 3.40. The quantitative estimate of drug-likeness (QED) is 0.190. The molecule has 1 aromatic rings. The van der Waals surface area contributed by atoms with Crippen LogP contribution < -0.4 is 10.6 Å². The molecule has 2 rings (SSSR count). The Balaban J connectivity index is 0.00000392. The molecule has 1 fully saturated rings. The molecule has 0 aliphatic carbocycles. The molecule has 0 radical (unpaired) electrons. The van der Waals surface area contributed by atoms with Crippen molar-refractivity contribution in [2.75, 3.05) is 59.7 Å². The van der Waals surface area contributed by atoms with Crippen LogP contribution in [0.4, 0.5) is 0 Å². The zero-order valence-electron chi connectivity index (χ0n) is 17.5. The van der Waals surface area contributed by atoms with Crippen molar-refractivity contribution in [3.63, 3.8) is 0 Å². The van der Waals surface area contributed by atoms with E-state index in [1.54, 1.807) is 11.3 Å². The van der Waals surface area contributed by atoms with Crippen LogP contribution in [-0.4, -0.2) is 70.5 Å². The molecule has 2 N–H and O–H groups in total. The maximum Gasteiger partial charge on any atom is 0.191 e. The van der Waals surface area contributed by atoms with E-state index in [0.29, 0.717) is 12.0 Å². The zero-order valence-corrected chi connectivity index (χ0v) is 20.6. The van der Waals surface area contributed by atoms with Gasteiger partial charge in [0.15, 0.2) is 5.96 Å². The summed E-state index contributed by atoms with van der Waals surface area (Å²) in [5.74, 6) is 1.44. The monoisotopic (exact) mass is 524 g/mol. The van der Waals surface area contributed by atoms with Crippen molar-refractivity contribution in [2.24, 2.45) is 10.9 Å². The number of nitrogens with one attached hydrogen (secondary N) is 2. The molecular formula is C20H37IN4O2S. The van der Waals surface area contributed by atoms with Gasteiger partial charge in [0.05, 0.1) is 19.3 Å². The lowest BCUT2D eigenvalue weighted by Gasteiger charge is -2.30. The number of aliphatic imine (C=N–C) groups is 1. The molecule has 162 valence electrons. The Morgan fingerprint density at radius 2 is 2.21 bits per heavy atom. The van der Waals surface area contributed by atoms with E-state index in [2.05, 4.69) is 51.2 Å². The Bertz CT molecular complexity index is 520. The van der Waals surface area contributed by atoms with E-state index in [1.165, 1.54) is 5.56 Å². The molecule has 0 saturated carbocycles. The number of hydrogen-bond acceptors (Lipinski definition) is 5. The number of guanidine groups is 1. The minimum absolute atomic E-state index is 0. The summed E-state index contributed by atoms with van der Waals surface area (Å²) in [5, 5.41) is 11.3. The predicted molar refractivity (Wildman–Crippen MR) is 129 cm³/mol. The molecule has 2 atom stereocenters. The van der Waals surface area contributed by atoms with Gasteiger partial charge >= 0.3 is 0 Å². The normalized spacial score (nSPS) is 18.1. The highest BCUT2D eigenvalue weighted by Crippen LogP contribution is 2.22. The van der Waals surface area contributed by atoms with Crippen molar-refractivity contribution >= 4 is 41.3 Å². The first-order valence-corrected chi connectivity index (χ1v) is 11.1. The van der Waals surface area contributed by atoms with Gasteiger partial charge in [-0.15, -0.1) is 24.0 Å². The van der Waals surface area contributed by atoms with E-state index in [0.717, 1.165) is 71.4 Å². The Hall–Kier alpha value is -0.420. The maximum absolute atomic E-state index is 5.75. The molecule has 1 saturated heterocycles. The van der Waals surface area contributed by atoms with E-state index < -0.39 is 0 Å². The molecule has 28 heavy (non-hydrogen) atoms. The molecule has 1 aromatic heterocycles. The van der Waals surface area contributed by atoms with Crippen molar-refractivity contribution in [2.45, 2.75) is 32.7 Å². The molecule has 8 heteroatoms. The second kappa shape index (κ2) is 15.4. The van der Waals surface area contributed by atoms with Crippen molar-refractivity contribution < 1.29 is 9.47 Å². The summed E-state index contributed by atoms with van der Waals surface area (Å²) in [4.78, 5) is 6.83. The summed E-state index contributed by atoms with van der Waals surface area (Å²) < 4.78 is 11.1. The van der Waals surface area contributed by atoms with Crippen LogP contribution in [0.3, 0.4) is 0 Å². The van der Waals surface area contributed by atoms with Gasteiger partial charge in [-0.25, -0.2) is 0 Å². The number of rotatable bonds is 12. The highest BCUT2D eigenvalue weighted by Gasteiger charge is 2.18. The molecule has 0 amide bonds. The highest BCUT2D eigenvalue weighted by atomic mass is 127. The van der Waals surface area contributed by atoms with Gasteiger partial charge in [-0.2, -0.15) is 11.3 Å². The minimum atomic E-state index is 0. The van der Waals surface area contributed by atoms with Gasteiger partial charge in [0.1, 0.15) is 0 Å². The average molecular weight is 525 g/mol. The molecule has 1 aliphatic rings. The molecule has 0 bridgehead atoms. The topological polar surface area (TPSA) is 58.1 Å². The maximum atomic E-state index is 5.75. The number of nitrogens with zero attached hydrogens (tertiary/aromatic N) is 2. The van der Waals surface area contributed by atoms with Crippen LogP contribution in [0.2, 0.25) is 0 Å². The van der Waals surface area contributed by atoms with E-state index in [-0.39, 0.29) is 24.0 Å². The number of ether oxygens (including phenoxy) is 2. The first-order valence-electron chi connectivity index (χ1n) is 10.1. The Labute approximate surface area is 191 Å². The lowest BCUT2D eigenvalue weighted by Crippen LogP contribution is -2.43. The van der Waals surface area contributed by atoms with Crippen LogP contribution in [0.5, 0.6) is 0 Å². The summed E-state index contributed by atoms with van der Waals surface area (Å²) in [7, 11) is 1.82. The predicted octanol–water partition coefficient (Wildman–Crippen LogP) is 3.36. The molecule has 1 aliphatic heterocycles. The third-order valence-electron chi connectivity index (χ3n) is 5.00. The third kappa shape index (κ3) is 8.94. The second-order valence-corrected chi connectivity index (χ2v) is 7.61. The minimum Gasteiger partial charge on any atom is -0.381 e. The Morgan fingerprint density at radius 3 is 2.82 bits per heavy atom. The van der Waals surface area contributed by atoms with Crippen LogP contribution in [0.25, 0.3) is 0 Å². The third-order valence-corrected chi connectivity index (χ3v) is 5.70. The van der Waals surface area contributed by atoms with Gasteiger partial charge in [0, 0.05) is 39.3 Å². The molecule has 2 unspecified atom stereocenters. The summed E-state index contributed by atoms with van der Waals surface area (Å²) in [6.07, 6.45) is 2.10. The fourth-order valence-corrected chi connectivity index (χ4v) is 4.05. The van der Waals surface area contributed by atoms with Crippen LogP contribution in [-0.2, 0) is 9.47 Å². The first-order chi connectivity index (χ1) is 13.3. The SMILES string of the molecule is CCN(CC)C(CNC(=NC)NCCCOCC1CCOC1)c1ccsc1.I. The number of thiophene rings is 1. The van der Waals surface area contributed by atoms with Crippen LogP contribution >= 0.6 is 35.3 Å². The Morgan fingerprint density at radius 1 is 1.39 bits per heavy atom. The van der Waals surface area contributed by atoms with E-state index in [4.69, 9.17) is 9.47 Å². The van der Waals surface area contributed by atoms with Crippen molar-refractivity contribution in [1.82, 2.24) is 15.5 Å². The van der Waals surface area contributed by atoms with Crippen molar-refractivity contribution in [3.8, 4) is 0 Å². The van der Waals surface area contributed by atoms with E-state index >= 15 is 0 Å². The lowest BCUT2D eigenvalue weighted by atomic mass is 10.1. The molecule has 6 nitrogen and oxygen atoms in total. The van der Waals surface area contributed by atoms with Crippen LogP contribution in [0.1, 0.15) is 38.3 Å². The zero-order chi connectivity index (χ0) is 19.3. The second-order valence-electron chi connectivity index (χ2n) is 6.83. The van der Waals surface area contributed by atoms with E-state index in [1.807, 2.05) is 7.05 Å². The fourth-order valence-electron chi connectivity index (χ4n) is 3.35. The summed E-state index contributed by atoms with van der Waals surface area (Å²) in [6.45, 7) is 11.5. The molecular weight excluding hydrogens is 487 g/mol. The molecule has 0 aromatic carbocycles. The summed E-state index contributed by atoms with van der Waals surface area (Å²) >= 11 is 1.75. The Kier molecular flexibility index (Phi) is 14.1. The van der Waals surface area contributed by atoms with Gasteiger partial charge in [-0.05, 0) is 48.3 Å². The fraction of sp³-hybridized carbons (Fsp3) is 0.750. The number of likely N-dealkylation sites (N-methyl/N-ethyl adjacent to an activating group) is 1.